The zero-order chi connectivity index (χ0) is 6.78. The molecule has 0 aromatic heterocycles. The van der Waals surface area contributed by atoms with E-state index in [2.05, 4.69) is 11.6 Å². The summed E-state index contributed by atoms with van der Waals surface area (Å²) < 4.78 is 23.5. The van der Waals surface area contributed by atoms with Gasteiger partial charge in [-0.25, -0.2) is 0 Å². The SMILES string of the molecule is C/C(=C\Cl)C(F)(F)Cl. The van der Waals surface area contributed by atoms with Gasteiger partial charge in [-0.3, -0.25) is 0 Å². The highest BCUT2D eigenvalue weighted by Gasteiger charge is 2.26. The van der Waals surface area contributed by atoms with Crippen LogP contribution in [-0.4, -0.2) is 5.38 Å². The van der Waals surface area contributed by atoms with E-state index in [1.165, 1.54) is 0 Å². The molecule has 0 aromatic rings. The molecule has 0 aliphatic heterocycles. The summed E-state index contributed by atoms with van der Waals surface area (Å²) in [4.78, 5) is 0. The molecule has 0 aliphatic rings. The van der Waals surface area contributed by atoms with E-state index >= 15 is 0 Å². The van der Waals surface area contributed by atoms with Crippen LogP contribution >= 0.6 is 23.2 Å². The molecule has 0 aromatic carbocycles. The molecule has 0 saturated carbocycles. The average Bonchev–Trinajstić information content (AvgIpc) is 1.62. The highest BCUT2D eigenvalue weighted by atomic mass is 35.5. The first-order valence-electron chi connectivity index (χ1n) is 1.82. The fourth-order valence-corrected chi connectivity index (χ4v) is 0.309. The third-order valence-corrected chi connectivity index (χ3v) is 1.24. The smallest absolute Gasteiger partial charge is 0.184 e. The van der Waals surface area contributed by atoms with E-state index in [9.17, 15) is 8.78 Å². The minimum absolute atomic E-state index is 0.346. The quantitative estimate of drug-likeness (QED) is 0.518. The maximum absolute atomic E-state index is 11.7. The molecule has 0 amide bonds. The van der Waals surface area contributed by atoms with Crippen molar-refractivity contribution in [2.45, 2.75) is 12.3 Å². The molecule has 0 fully saturated rings. The molecular weight excluding hydrogens is 157 g/mol. The van der Waals surface area contributed by atoms with Crippen molar-refractivity contribution in [2.24, 2.45) is 0 Å². The van der Waals surface area contributed by atoms with Crippen molar-refractivity contribution in [3.63, 3.8) is 0 Å². The van der Waals surface area contributed by atoms with Gasteiger partial charge in [-0.05, 0) is 18.5 Å². The molecule has 0 spiro atoms. The highest BCUT2D eigenvalue weighted by molar-refractivity contribution is 6.28. The van der Waals surface area contributed by atoms with E-state index in [-0.39, 0.29) is 5.57 Å². The number of hydrogen-bond acceptors (Lipinski definition) is 0. The van der Waals surface area contributed by atoms with Crippen LogP contribution in [0.3, 0.4) is 0 Å². The Balaban J connectivity index is 4.03. The van der Waals surface area contributed by atoms with Gasteiger partial charge in [0, 0.05) is 11.1 Å². The minimum Gasteiger partial charge on any atom is -0.184 e. The standard InChI is InChI=1S/C4H4Cl2F2/c1-3(2-5)4(6,7)8/h2H,1H3/b3-2+. The van der Waals surface area contributed by atoms with E-state index in [0.29, 0.717) is 0 Å². The molecule has 0 unspecified atom stereocenters. The molecule has 48 valence electrons. The van der Waals surface area contributed by atoms with Crippen molar-refractivity contribution < 1.29 is 8.78 Å². The van der Waals surface area contributed by atoms with E-state index in [0.717, 1.165) is 12.5 Å². The van der Waals surface area contributed by atoms with Crippen LogP contribution < -0.4 is 0 Å². The van der Waals surface area contributed by atoms with Crippen molar-refractivity contribution in [1.82, 2.24) is 0 Å². The van der Waals surface area contributed by atoms with Gasteiger partial charge in [-0.15, -0.1) is 0 Å². The van der Waals surface area contributed by atoms with Crippen LogP contribution in [0.1, 0.15) is 6.92 Å². The summed E-state index contributed by atoms with van der Waals surface area (Å²) in [5.41, 5.74) is 0.410. The van der Waals surface area contributed by atoms with Gasteiger partial charge in [-0.2, -0.15) is 8.78 Å². The zero-order valence-corrected chi connectivity index (χ0v) is 5.60. The molecule has 0 aliphatic carbocycles. The molecule has 0 bridgehead atoms. The number of halogens is 4. The minimum atomic E-state index is -3.29. The van der Waals surface area contributed by atoms with Crippen molar-refractivity contribution in [2.75, 3.05) is 0 Å². The summed E-state index contributed by atoms with van der Waals surface area (Å²) in [5, 5.41) is -3.29. The maximum Gasteiger partial charge on any atom is 0.345 e. The number of allylic oxidation sites excluding steroid dienone is 1. The second kappa shape index (κ2) is 2.65. The summed E-state index contributed by atoms with van der Waals surface area (Å²) in [6.45, 7) is 1.15. The molecule has 0 rings (SSSR count). The van der Waals surface area contributed by atoms with Crippen LogP contribution in [0.15, 0.2) is 11.1 Å². The molecule has 0 N–H and O–H groups in total. The lowest BCUT2D eigenvalue weighted by molar-refractivity contribution is 0.139. The lowest BCUT2D eigenvalue weighted by Gasteiger charge is -2.04. The summed E-state index contributed by atoms with van der Waals surface area (Å²) in [7, 11) is 0. The zero-order valence-electron chi connectivity index (χ0n) is 4.09. The molecule has 0 heterocycles. The number of alkyl halides is 3. The maximum atomic E-state index is 11.7. The van der Waals surface area contributed by atoms with Crippen molar-refractivity contribution in [3.05, 3.63) is 11.1 Å². The summed E-state index contributed by atoms with van der Waals surface area (Å²) in [5.74, 6) is 0. The van der Waals surface area contributed by atoms with Gasteiger partial charge in [-0.1, -0.05) is 11.6 Å². The Morgan fingerprint density at radius 2 is 2.00 bits per heavy atom. The topological polar surface area (TPSA) is 0 Å². The normalized spacial score (nSPS) is 14.4. The van der Waals surface area contributed by atoms with Crippen molar-refractivity contribution in [3.8, 4) is 0 Å². The van der Waals surface area contributed by atoms with Gasteiger partial charge in [0.25, 0.3) is 0 Å². The molecule has 0 saturated heterocycles. The van der Waals surface area contributed by atoms with E-state index < -0.39 is 5.38 Å². The molecule has 0 atom stereocenters. The summed E-state index contributed by atoms with van der Waals surface area (Å²) in [6.07, 6.45) is 0. The molecule has 8 heavy (non-hydrogen) atoms. The second-order valence-electron chi connectivity index (χ2n) is 1.29. The van der Waals surface area contributed by atoms with Gasteiger partial charge in [0.15, 0.2) is 0 Å². The van der Waals surface area contributed by atoms with Gasteiger partial charge in [0.2, 0.25) is 0 Å². The third-order valence-electron chi connectivity index (χ3n) is 0.611. The first-order valence-corrected chi connectivity index (χ1v) is 2.64. The summed E-state index contributed by atoms with van der Waals surface area (Å²) >= 11 is 9.41. The van der Waals surface area contributed by atoms with Gasteiger partial charge < -0.3 is 0 Å². The van der Waals surface area contributed by atoms with Crippen LogP contribution in [0.2, 0.25) is 0 Å². The predicted molar refractivity (Wildman–Crippen MR) is 30.4 cm³/mol. The first kappa shape index (κ1) is 8.18. The van der Waals surface area contributed by atoms with E-state index in [1.807, 2.05) is 0 Å². The lowest BCUT2D eigenvalue weighted by Crippen LogP contribution is -2.05. The van der Waals surface area contributed by atoms with E-state index in [4.69, 9.17) is 11.6 Å². The lowest BCUT2D eigenvalue weighted by atomic mass is 10.4. The van der Waals surface area contributed by atoms with Crippen LogP contribution in [0.4, 0.5) is 8.78 Å². The number of hydrogen-bond donors (Lipinski definition) is 0. The Kier molecular flexibility index (Phi) is 2.71. The Hall–Kier alpha value is 0.180. The Morgan fingerprint density at radius 1 is 1.62 bits per heavy atom. The van der Waals surface area contributed by atoms with Crippen LogP contribution in [0.25, 0.3) is 0 Å². The largest absolute Gasteiger partial charge is 0.345 e. The number of rotatable bonds is 1. The van der Waals surface area contributed by atoms with E-state index in [1.54, 1.807) is 0 Å². The molecule has 0 radical (unpaired) electrons. The van der Waals surface area contributed by atoms with Crippen molar-refractivity contribution >= 4 is 23.2 Å². The van der Waals surface area contributed by atoms with Gasteiger partial charge >= 0.3 is 5.38 Å². The average molecular weight is 161 g/mol. The molecule has 4 heteroatoms. The van der Waals surface area contributed by atoms with Crippen molar-refractivity contribution in [1.29, 1.82) is 0 Å². The monoisotopic (exact) mass is 160 g/mol. The summed E-state index contributed by atoms with van der Waals surface area (Å²) in [6, 6.07) is 0. The second-order valence-corrected chi connectivity index (χ2v) is 1.98. The van der Waals surface area contributed by atoms with Gasteiger partial charge in [0.05, 0.1) is 0 Å². The Bertz CT molecular complexity index is 103. The van der Waals surface area contributed by atoms with Crippen LogP contribution in [0.5, 0.6) is 0 Å². The van der Waals surface area contributed by atoms with Crippen LogP contribution in [0, 0.1) is 0 Å². The highest BCUT2D eigenvalue weighted by Crippen LogP contribution is 2.27. The molecule has 0 nitrogen and oxygen atoms in total. The Labute approximate surface area is 56.1 Å². The predicted octanol–water partition coefficient (Wildman–Crippen LogP) is 2.96. The Morgan fingerprint density at radius 3 is 2.00 bits per heavy atom. The molecular formula is C4H4Cl2F2. The third kappa shape index (κ3) is 2.48. The fraction of sp³-hybridized carbons (Fsp3) is 0.500. The first-order chi connectivity index (χ1) is 3.48. The van der Waals surface area contributed by atoms with Crippen LogP contribution in [-0.2, 0) is 0 Å². The van der Waals surface area contributed by atoms with Gasteiger partial charge in [0.1, 0.15) is 0 Å². The fourth-order valence-electron chi connectivity index (χ4n) is 0.0619.